The minimum absolute atomic E-state index is 0.00917. The van der Waals surface area contributed by atoms with Crippen molar-refractivity contribution in [3.05, 3.63) is 29.8 Å². The van der Waals surface area contributed by atoms with E-state index in [1.165, 1.54) is 11.3 Å². The molecule has 0 saturated heterocycles. The first-order valence-corrected chi connectivity index (χ1v) is 5.33. The van der Waals surface area contributed by atoms with E-state index < -0.39 is 0 Å². The van der Waals surface area contributed by atoms with Crippen LogP contribution in [-0.4, -0.2) is 18.1 Å². The standard InChI is InChI=1S/C11H14N2S/c1-2-13-10-6-4-3-5-8(10)9(7-14)11(13)12/h3-7,9,11H,2,12H2,1H3. The number of likely N-dealkylation sites (N-methyl/N-ethyl adjacent to an activating group) is 1. The van der Waals surface area contributed by atoms with E-state index in [2.05, 4.69) is 24.0 Å². The van der Waals surface area contributed by atoms with Gasteiger partial charge in [-0.3, -0.25) is 0 Å². The third-order valence-corrected chi connectivity index (χ3v) is 3.11. The van der Waals surface area contributed by atoms with E-state index in [9.17, 15) is 0 Å². The van der Waals surface area contributed by atoms with Crippen LogP contribution < -0.4 is 10.6 Å². The molecule has 3 heteroatoms. The van der Waals surface area contributed by atoms with Crippen LogP contribution in [0, 0.1) is 0 Å². The molecule has 2 nitrogen and oxygen atoms in total. The summed E-state index contributed by atoms with van der Waals surface area (Å²) in [4.78, 5) is 2.20. The SMILES string of the molecule is CCN1c2ccccc2C(C=S)C1N. The summed E-state index contributed by atoms with van der Waals surface area (Å²) in [5.74, 6) is 0.196. The number of hydrogen-bond donors (Lipinski definition) is 1. The quantitative estimate of drug-likeness (QED) is 0.749. The highest BCUT2D eigenvalue weighted by Crippen LogP contribution is 2.37. The third kappa shape index (κ3) is 1.24. The smallest absolute Gasteiger partial charge is 0.0884 e. The zero-order valence-corrected chi connectivity index (χ0v) is 9.00. The average molecular weight is 206 g/mol. The molecule has 2 atom stereocenters. The van der Waals surface area contributed by atoms with Crippen molar-refractivity contribution in [1.29, 1.82) is 0 Å². The van der Waals surface area contributed by atoms with E-state index in [-0.39, 0.29) is 12.1 Å². The first kappa shape index (κ1) is 9.62. The first-order chi connectivity index (χ1) is 6.79. The normalized spacial score (nSPS) is 24.9. The van der Waals surface area contributed by atoms with Crippen LogP contribution in [0.2, 0.25) is 0 Å². The number of nitrogens with zero attached hydrogens (tertiary/aromatic N) is 1. The molecule has 0 aromatic heterocycles. The van der Waals surface area contributed by atoms with Gasteiger partial charge in [0.05, 0.1) is 6.17 Å². The maximum atomic E-state index is 6.12. The van der Waals surface area contributed by atoms with Gasteiger partial charge in [0.15, 0.2) is 0 Å². The van der Waals surface area contributed by atoms with Crippen molar-refractivity contribution in [2.75, 3.05) is 11.4 Å². The van der Waals surface area contributed by atoms with Crippen LogP contribution in [0.5, 0.6) is 0 Å². The van der Waals surface area contributed by atoms with Crippen LogP contribution in [0.3, 0.4) is 0 Å². The molecular weight excluding hydrogens is 192 g/mol. The summed E-state index contributed by atoms with van der Waals surface area (Å²) in [6.45, 7) is 3.04. The molecule has 0 bridgehead atoms. The Labute approximate surface area is 89.7 Å². The lowest BCUT2D eigenvalue weighted by Crippen LogP contribution is -2.41. The van der Waals surface area contributed by atoms with Crippen molar-refractivity contribution in [1.82, 2.24) is 0 Å². The van der Waals surface area contributed by atoms with Crippen LogP contribution in [0.1, 0.15) is 18.4 Å². The van der Waals surface area contributed by atoms with E-state index in [1.807, 2.05) is 12.1 Å². The molecule has 1 aliphatic heterocycles. The highest BCUT2D eigenvalue weighted by molar-refractivity contribution is 7.79. The van der Waals surface area contributed by atoms with Gasteiger partial charge in [0.2, 0.25) is 0 Å². The first-order valence-electron chi connectivity index (χ1n) is 4.86. The second kappa shape index (κ2) is 3.67. The third-order valence-electron chi connectivity index (χ3n) is 2.82. The van der Waals surface area contributed by atoms with Gasteiger partial charge in [-0.1, -0.05) is 30.4 Å². The predicted octanol–water partition coefficient (Wildman–Crippen LogP) is 1.89. The van der Waals surface area contributed by atoms with Gasteiger partial charge in [-0.2, -0.15) is 0 Å². The lowest BCUT2D eigenvalue weighted by Gasteiger charge is -2.24. The molecule has 2 rings (SSSR count). The Morgan fingerprint density at radius 1 is 1.50 bits per heavy atom. The molecule has 2 unspecified atom stereocenters. The molecule has 74 valence electrons. The van der Waals surface area contributed by atoms with Crippen LogP contribution in [0.25, 0.3) is 0 Å². The van der Waals surface area contributed by atoms with Gasteiger partial charge >= 0.3 is 0 Å². The Hall–Kier alpha value is -0.930. The number of rotatable bonds is 2. The Morgan fingerprint density at radius 2 is 2.21 bits per heavy atom. The van der Waals surface area contributed by atoms with Crippen LogP contribution in [-0.2, 0) is 0 Å². The molecule has 0 radical (unpaired) electrons. The summed E-state index contributed by atoms with van der Waals surface area (Å²) in [5, 5.41) is 1.78. The minimum Gasteiger partial charge on any atom is -0.355 e. The number of fused-ring (bicyclic) bond motifs is 1. The molecule has 0 fully saturated rings. The van der Waals surface area contributed by atoms with Gasteiger partial charge in [0.25, 0.3) is 0 Å². The molecule has 0 amide bonds. The fourth-order valence-corrected chi connectivity index (χ4v) is 2.41. The largest absolute Gasteiger partial charge is 0.355 e. The van der Waals surface area contributed by atoms with Crippen molar-refractivity contribution < 1.29 is 0 Å². The van der Waals surface area contributed by atoms with Gasteiger partial charge in [-0.25, -0.2) is 0 Å². The van der Waals surface area contributed by atoms with E-state index >= 15 is 0 Å². The molecule has 2 N–H and O–H groups in total. The van der Waals surface area contributed by atoms with E-state index in [0.29, 0.717) is 0 Å². The predicted molar refractivity (Wildman–Crippen MR) is 63.8 cm³/mol. The molecule has 1 aliphatic rings. The van der Waals surface area contributed by atoms with Crippen molar-refractivity contribution in [3.8, 4) is 0 Å². The highest BCUT2D eigenvalue weighted by atomic mass is 32.1. The summed E-state index contributed by atoms with van der Waals surface area (Å²) < 4.78 is 0. The van der Waals surface area contributed by atoms with Gasteiger partial charge in [0, 0.05) is 18.2 Å². The summed E-state index contributed by atoms with van der Waals surface area (Å²) in [5.41, 5.74) is 8.61. The molecule has 0 aliphatic carbocycles. The topological polar surface area (TPSA) is 29.3 Å². The number of nitrogens with two attached hydrogens (primary N) is 1. The van der Waals surface area contributed by atoms with E-state index in [0.717, 1.165) is 6.54 Å². The Bertz CT molecular complexity index is 351. The Morgan fingerprint density at radius 3 is 2.86 bits per heavy atom. The number of anilines is 1. The molecule has 14 heavy (non-hydrogen) atoms. The zero-order valence-electron chi connectivity index (χ0n) is 8.18. The van der Waals surface area contributed by atoms with Crippen LogP contribution in [0.15, 0.2) is 24.3 Å². The van der Waals surface area contributed by atoms with Crippen molar-refractivity contribution >= 4 is 23.3 Å². The fourth-order valence-electron chi connectivity index (χ4n) is 2.10. The van der Waals surface area contributed by atoms with Crippen LogP contribution in [0.4, 0.5) is 5.69 Å². The second-order valence-corrected chi connectivity index (χ2v) is 3.77. The van der Waals surface area contributed by atoms with Crippen molar-refractivity contribution in [3.63, 3.8) is 0 Å². The average Bonchev–Trinajstić information content (AvgIpc) is 2.49. The zero-order chi connectivity index (χ0) is 10.1. The summed E-state index contributed by atoms with van der Waals surface area (Å²) >= 11 is 5.03. The van der Waals surface area contributed by atoms with Crippen molar-refractivity contribution in [2.24, 2.45) is 5.73 Å². The maximum Gasteiger partial charge on any atom is 0.0884 e. The van der Waals surface area contributed by atoms with Crippen molar-refractivity contribution in [2.45, 2.75) is 19.0 Å². The van der Waals surface area contributed by atoms with E-state index in [1.54, 1.807) is 5.37 Å². The van der Waals surface area contributed by atoms with E-state index in [4.69, 9.17) is 18.0 Å². The molecule has 1 heterocycles. The van der Waals surface area contributed by atoms with Gasteiger partial charge in [-0.15, -0.1) is 0 Å². The molecular formula is C11H14N2S. The minimum atomic E-state index is 0.00917. The maximum absolute atomic E-state index is 6.12. The molecule has 1 aromatic rings. The number of hydrogen-bond acceptors (Lipinski definition) is 3. The lowest BCUT2D eigenvalue weighted by atomic mass is 10.0. The lowest BCUT2D eigenvalue weighted by molar-refractivity contribution is 0.639. The van der Waals surface area contributed by atoms with Gasteiger partial charge in [-0.05, 0) is 23.9 Å². The Balaban J connectivity index is 2.50. The van der Waals surface area contributed by atoms with Crippen LogP contribution >= 0.6 is 12.2 Å². The number of benzene rings is 1. The summed E-state index contributed by atoms with van der Waals surface area (Å²) in [6, 6.07) is 8.30. The fraction of sp³-hybridized carbons (Fsp3) is 0.364. The summed E-state index contributed by atoms with van der Waals surface area (Å²) in [7, 11) is 0. The second-order valence-electron chi connectivity index (χ2n) is 3.50. The van der Waals surface area contributed by atoms with Gasteiger partial charge in [0.1, 0.15) is 0 Å². The molecule has 1 aromatic carbocycles. The monoisotopic (exact) mass is 206 g/mol. The van der Waals surface area contributed by atoms with Gasteiger partial charge < -0.3 is 10.6 Å². The number of thiocarbonyl (C=S) groups is 1. The number of para-hydroxylation sites is 1. The highest BCUT2D eigenvalue weighted by Gasteiger charge is 2.33. The molecule has 0 spiro atoms. The summed E-state index contributed by atoms with van der Waals surface area (Å²) in [6.07, 6.45) is 0.00917. The Kier molecular flexibility index (Phi) is 2.52. The molecule has 0 saturated carbocycles.